The maximum absolute atomic E-state index is 13.9. The van der Waals surface area contributed by atoms with E-state index in [1.54, 1.807) is 55.5 Å². The molecule has 0 heterocycles. The molecule has 0 saturated carbocycles. The third kappa shape index (κ3) is 7.75. The number of benzene rings is 3. The lowest BCUT2D eigenvalue weighted by Gasteiger charge is -2.32. The summed E-state index contributed by atoms with van der Waals surface area (Å²) in [5.41, 5.74) is 2.70. The third-order valence-corrected chi connectivity index (χ3v) is 8.57. The van der Waals surface area contributed by atoms with Crippen molar-refractivity contribution in [2.24, 2.45) is 0 Å². The van der Waals surface area contributed by atoms with Gasteiger partial charge in [0.25, 0.3) is 10.0 Å². The minimum Gasteiger partial charge on any atom is -0.352 e. The van der Waals surface area contributed by atoms with Crippen LogP contribution in [0.5, 0.6) is 0 Å². The highest BCUT2D eigenvalue weighted by Crippen LogP contribution is 2.27. The summed E-state index contributed by atoms with van der Waals surface area (Å²) >= 11 is 12.3. The molecule has 3 rings (SSSR count). The zero-order valence-electron chi connectivity index (χ0n) is 22.6. The van der Waals surface area contributed by atoms with Gasteiger partial charge in [-0.25, -0.2) is 8.42 Å². The molecule has 0 aliphatic heterocycles. The van der Waals surface area contributed by atoms with Gasteiger partial charge in [-0.05, 0) is 87.7 Å². The quantitative estimate of drug-likeness (QED) is 0.326. The number of amides is 2. The van der Waals surface area contributed by atoms with Crippen molar-refractivity contribution in [2.75, 3.05) is 10.8 Å². The molecular weight excluding hydrogens is 557 g/mol. The van der Waals surface area contributed by atoms with Gasteiger partial charge < -0.3 is 10.2 Å². The Morgan fingerprint density at radius 2 is 1.49 bits per heavy atom. The van der Waals surface area contributed by atoms with E-state index in [1.165, 1.54) is 17.0 Å². The maximum Gasteiger partial charge on any atom is 0.264 e. The number of rotatable bonds is 10. The van der Waals surface area contributed by atoms with Crippen LogP contribution < -0.4 is 9.62 Å². The number of carbonyl (C=O) groups is 2. The van der Waals surface area contributed by atoms with Gasteiger partial charge >= 0.3 is 0 Å². The summed E-state index contributed by atoms with van der Waals surface area (Å²) in [6.45, 7) is 8.49. The number of hydrogen-bond donors (Lipinski definition) is 1. The van der Waals surface area contributed by atoms with Crippen LogP contribution in [0.4, 0.5) is 5.69 Å². The van der Waals surface area contributed by atoms with E-state index in [4.69, 9.17) is 23.2 Å². The molecule has 1 atom stereocenters. The van der Waals surface area contributed by atoms with Crippen LogP contribution in [0.15, 0.2) is 71.6 Å². The van der Waals surface area contributed by atoms with Crippen molar-refractivity contribution in [2.45, 2.75) is 58.1 Å². The van der Waals surface area contributed by atoms with Gasteiger partial charge in [0.05, 0.1) is 20.6 Å². The van der Waals surface area contributed by atoms with Crippen LogP contribution in [-0.4, -0.2) is 43.8 Å². The van der Waals surface area contributed by atoms with Gasteiger partial charge in [-0.15, -0.1) is 0 Å². The number of carbonyl (C=O) groups excluding carboxylic acids is 2. The van der Waals surface area contributed by atoms with Crippen LogP contribution >= 0.6 is 23.2 Å². The topological polar surface area (TPSA) is 86.8 Å². The lowest BCUT2D eigenvalue weighted by Crippen LogP contribution is -2.52. The van der Waals surface area contributed by atoms with Crippen LogP contribution in [0.2, 0.25) is 10.0 Å². The lowest BCUT2D eigenvalue weighted by atomic mass is 10.1. The van der Waals surface area contributed by atoms with Crippen molar-refractivity contribution in [3.05, 3.63) is 93.5 Å². The number of anilines is 1. The molecule has 7 nitrogen and oxygen atoms in total. The third-order valence-electron chi connectivity index (χ3n) is 6.04. The molecule has 0 radical (unpaired) electrons. The first-order valence-corrected chi connectivity index (χ1v) is 14.7. The number of hydrogen-bond acceptors (Lipinski definition) is 4. The highest BCUT2D eigenvalue weighted by molar-refractivity contribution is 7.92. The van der Waals surface area contributed by atoms with E-state index in [0.717, 1.165) is 15.4 Å². The van der Waals surface area contributed by atoms with Crippen molar-refractivity contribution in [1.29, 1.82) is 0 Å². The smallest absolute Gasteiger partial charge is 0.264 e. The largest absolute Gasteiger partial charge is 0.352 e. The standard InChI is InChI=1S/C29H33Cl2N3O4S/c1-19(2)32-29(36)22(5)33(17-23-11-12-26(30)27(31)16-23)28(35)18-34(24-14-20(3)13-21(4)15-24)39(37,38)25-9-7-6-8-10-25/h6-16,19,22H,17-18H2,1-5H3,(H,32,36)/t22-/m0/s1. The van der Waals surface area contributed by atoms with Gasteiger partial charge in [0.15, 0.2) is 0 Å². The zero-order chi connectivity index (χ0) is 28.9. The second-order valence-electron chi connectivity index (χ2n) is 9.78. The van der Waals surface area contributed by atoms with Crippen molar-refractivity contribution < 1.29 is 18.0 Å². The number of aryl methyl sites for hydroxylation is 2. The Bertz CT molecular complexity index is 1430. The summed E-state index contributed by atoms with van der Waals surface area (Å²) in [4.78, 5) is 28.3. The summed E-state index contributed by atoms with van der Waals surface area (Å²) in [5, 5.41) is 3.50. The SMILES string of the molecule is Cc1cc(C)cc(N(CC(=O)N(Cc2ccc(Cl)c(Cl)c2)[C@@H](C)C(=O)NC(C)C)S(=O)(=O)c2ccccc2)c1. The number of nitrogens with one attached hydrogen (secondary N) is 1. The van der Waals surface area contributed by atoms with Crippen LogP contribution in [0.1, 0.15) is 37.5 Å². The van der Waals surface area contributed by atoms with Gasteiger partial charge in [0.2, 0.25) is 11.8 Å². The van der Waals surface area contributed by atoms with Crippen molar-refractivity contribution >= 4 is 50.7 Å². The molecule has 0 bridgehead atoms. The average Bonchev–Trinajstić information content (AvgIpc) is 2.86. The molecule has 0 aliphatic rings. The predicted octanol–water partition coefficient (Wildman–Crippen LogP) is 5.75. The van der Waals surface area contributed by atoms with E-state index in [1.807, 2.05) is 33.8 Å². The first-order valence-electron chi connectivity index (χ1n) is 12.5. The molecule has 10 heteroatoms. The summed E-state index contributed by atoms with van der Waals surface area (Å²) < 4.78 is 28.8. The lowest BCUT2D eigenvalue weighted by molar-refractivity contribution is -0.139. The molecule has 3 aromatic rings. The summed E-state index contributed by atoms with van der Waals surface area (Å²) in [6.07, 6.45) is 0. The van der Waals surface area contributed by atoms with Gasteiger partial charge in [-0.1, -0.05) is 53.5 Å². The molecule has 0 aromatic heterocycles. The molecule has 2 amide bonds. The Balaban J connectivity index is 2.06. The monoisotopic (exact) mass is 589 g/mol. The Labute approximate surface area is 240 Å². The van der Waals surface area contributed by atoms with E-state index in [2.05, 4.69) is 5.32 Å². The molecule has 0 fully saturated rings. The Hall–Kier alpha value is -3.07. The van der Waals surface area contributed by atoms with Crippen molar-refractivity contribution in [3.63, 3.8) is 0 Å². The van der Waals surface area contributed by atoms with Crippen molar-refractivity contribution in [1.82, 2.24) is 10.2 Å². The second-order valence-corrected chi connectivity index (χ2v) is 12.5. The van der Waals surface area contributed by atoms with E-state index in [-0.39, 0.29) is 23.4 Å². The molecule has 3 aromatic carbocycles. The van der Waals surface area contributed by atoms with Gasteiger partial charge in [-0.3, -0.25) is 13.9 Å². The zero-order valence-corrected chi connectivity index (χ0v) is 24.9. The van der Waals surface area contributed by atoms with Gasteiger partial charge in [0.1, 0.15) is 12.6 Å². The fraction of sp³-hybridized carbons (Fsp3) is 0.310. The number of nitrogens with zero attached hydrogens (tertiary/aromatic N) is 2. The van der Waals surface area contributed by atoms with Crippen LogP contribution in [0.3, 0.4) is 0 Å². The van der Waals surface area contributed by atoms with Crippen LogP contribution in [0, 0.1) is 13.8 Å². The van der Waals surface area contributed by atoms with Crippen molar-refractivity contribution in [3.8, 4) is 0 Å². The molecule has 0 aliphatic carbocycles. The molecule has 1 N–H and O–H groups in total. The molecule has 208 valence electrons. The van der Waals surface area contributed by atoms with Gasteiger partial charge in [-0.2, -0.15) is 0 Å². The number of sulfonamides is 1. The molecule has 39 heavy (non-hydrogen) atoms. The summed E-state index contributed by atoms with van der Waals surface area (Å²) in [5.74, 6) is -0.909. The first-order chi connectivity index (χ1) is 18.3. The van der Waals surface area contributed by atoms with Crippen LogP contribution in [-0.2, 0) is 26.2 Å². The Kier molecular flexibility index (Phi) is 10.0. The minimum absolute atomic E-state index is 0.0223. The molecule has 0 saturated heterocycles. The highest BCUT2D eigenvalue weighted by atomic mass is 35.5. The molecule has 0 spiro atoms. The van der Waals surface area contributed by atoms with E-state index in [9.17, 15) is 18.0 Å². The van der Waals surface area contributed by atoms with E-state index in [0.29, 0.717) is 21.3 Å². The highest BCUT2D eigenvalue weighted by Gasteiger charge is 2.32. The normalized spacial score (nSPS) is 12.2. The second kappa shape index (κ2) is 12.9. The summed E-state index contributed by atoms with van der Waals surface area (Å²) in [7, 11) is -4.12. The molecule has 0 unspecified atom stereocenters. The fourth-order valence-corrected chi connectivity index (χ4v) is 5.91. The maximum atomic E-state index is 13.9. The van der Waals surface area contributed by atoms with E-state index < -0.39 is 28.5 Å². The molecular formula is C29H33Cl2N3O4S. The number of halogens is 2. The minimum atomic E-state index is -4.12. The Morgan fingerprint density at radius 1 is 0.872 bits per heavy atom. The Morgan fingerprint density at radius 3 is 2.05 bits per heavy atom. The predicted molar refractivity (Wildman–Crippen MR) is 157 cm³/mol. The fourth-order valence-electron chi connectivity index (χ4n) is 4.17. The first kappa shape index (κ1) is 30.5. The van der Waals surface area contributed by atoms with Crippen LogP contribution in [0.25, 0.3) is 0 Å². The summed E-state index contributed by atoms with van der Waals surface area (Å²) in [6, 6.07) is 17.2. The van der Waals surface area contributed by atoms with E-state index >= 15 is 0 Å². The average molecular weight is 591 g/mol. The van der Waals surface area contributed by atoms with Gasteiger partial charge in [0, 0.05) is 12.6 Å².